The van der Waals surface area contributed by atoms with E-state index in [1.165, 1.54) is 18.7 Å². The highest BCUT2D eigenvalue weighted by atomic mass is 32.2. The molecule has 1 aliphatic heterocycles. The molecule has 0 spiro atoms. The van der Waals surface area contributed by atoms with Gasteiger partial charge in [0.25, 0.3) is 5.95 Å². The van der Waals surface area contributed by atoms with Gasteiger partial charge in [0.05, 0.1) is 5.41 Å². The SMILES string of the molecule is CCCC(=O)OCC1OC(OC(C)=O)=CS1. The molecule has 0 radical (unpaired) electrons. The van der Waals surface area contributed by atoms with E-state index in [0.717, 1.165) is 6.42 Å². The average molecular weight is 246 g/mol. The van der Waals surface area contributed by atoms with Gasteiger partial charge in [0.15, 0.2) is 5.44 Å². The molecule has 1 heterocycles. The summed E-state index contributed by atoms with van der Waals surface area (Å²) in [7, 11) is 0. The summed E-state index contributed by atoms with van der Waals surface area (Å²) in [4.78, 5) is 21.7. The Labute approximate surface area is 98.1 Å². The van der Waals surface area contributed by atoms with Crippen LogP contribution in [0.15, 0.2) is 11.4 Å². The summed E-state index contributed by atoms with van der Waals surface area (Å²) in [5.41, 5.74) is -0.324. The van der Waals surface area contributed by atoms with Crippen LogP contribution in [0.2, 0.25) is 0 Å². The van der Waals surface area contributed by atoms with E-state index in [9.17, 15) is 9.59 Å². The van der Waals surface area contributed by atoms with Crippen molar-refractivity contribution in [3.63, 3.8) is 0 Å². The lowest BCUT2D eigenvalue weighted by atomic mass is 10.3. The Morgan fingerprint density at radius 1 is 1.56 bits per heavy atom. The molecule has 16 heavy (non-hydrogen) atoms. The highest BCUT2D eigenvalue weighted by Gasteiger charge is 2.22. The second kappa shape index (κ2) is 6.42. The molecule has 0 aromatic heterocycles. The first-order valence-corrected chi connectivity index (χ1v) is 5.92. The molecule has 0 aromatic rings. The molecule has 0 saturated heterocycles. The van der Waals surface area contributed by atoms with Gasteiger partial charge < -0.3 is 14.2 Å². The fourth-order valence-corrected chi connectivity index (χ4v) is 1.68. The number of thioether (sulfide) groups is 1. The monoisotopic (exact) mass is 246 g/mol. The Morgan fingerprint density at radius 2 is 2.31 bits per heavy atom. The standard InChI is InChI=1S/C10H14O5S/c1-3-4-8(12)13-5-10-15-9(6-16-10)14-7(2)11/h6,10H,3-5H2,1-2H3. The van der Waals surface area contributed by atoms with Crippen LogP contribution in [0.25, 0.3) is 0 Å². The van der Waals surface area contributed by atoms with E-state index in [0.29, 0.717) is 6.42 Å². The van der Waals surface area contributed by atoms with E-state index >= 15 is 0 Å². The van der Waals surface area contributed by atoms with Crippen molar-refractivity contribution in [3.05, 3.63) is 11.4 Å². The number of ether oxygens (including phenoxy) is 3. The van der Waals surface area contributed by atoms with Gasteiger partial charge in [-0.2, -0.15) is 0 Å². The van der Waals surface area contributed by atoms with Crippen LogP contribution in [-0.4, -0.2) is 24.0 Å². The topological polar surface area (TPSA) is 61.8 Å². The minimum absolute atomic E-state index is 0.158. The minimum atomic E-state index is -0.435. The Balaban J connectivity index is 2.19. The predicted molar refractivity (Wildman–Crippen MR) is 58.2 cm³/mol. The van der Waals surface area contributed by atoms with Gasteiger partial charge in [0, 0.05) is 13.3 Å². The van der Waals surface area contributed by atoms with Gasteiger partial charge in [0.2, 0.25) is 0 Å². The number of carbonyl (C=O) groups is 2. The van der Waals surface area contributed by atoms with Crippen molar-refractivity contribution in [2.75, 3.05) is 6.61 Å². The molecule has 1 unspecified atom stereocenters. The third kappa shape index (κ3) is 4.57. The second-order valence-electron chi connectivity index (χ2n) is 3.15. The van der Waals surface area contributed by atoms with Crippen molar-refractivity contribution in [3.8, 4) is 0 Å². The van der Waals surface area contributed by atoms with Gasteiger partial charge in [-0.15, -0.1) is 0 Å². The third-order valence-corrected chi connectivity index (χ3v) is 2.51. The molecule has 90 valence electrons. The summed E-state index contributed by atoms with van der Waals surface area (Å²) in [6, 6.07) is 0. The highest BCUT2D eigenvalue weighted by molar-refractivity contribution is 8.02. The normalized spacial score (nSPS) is 18.6. The highest BCUT2D eigenvalue weighted by Crippen LogP contribution is 2.28. The number of esters is 2. The maximum absolute atomic E-state index is 11.1. The van der Waals surface area contributed by atoms with E-state index < -0.39 is 5.97 Å². The van der Waals surface area contributed by atoms with Crippen molar-refractivity contribution < 1.29 is 23.8 Å². The Hall–Kier alpha value is -1.17. The van der Waals surface area contributed by atoms with Gasteiger partial charge >= 0.3 is 11.9 Å². The van der Waals surface area contributed by atoms with Gasteiger partial charge in [0.1, 0.15) is 6.61 Å². The maximum Gasteiger partial charge on any atom is 0.310 e. The molecular formula is C10H14O5S. The summed E-state index contributed by atoms with van der Waals surface area (Å²) >= 11 is 1.31. The number of hydrogen-bond acceptors (Lipinski definition) is 6. The summed E-state index contributed by atoms with van der Waals surface area (Å²) in [6.07, 6.45) is 1.16. The van der Waals surface area contributed by atoms with Gasteiger partial charge in [-0.25, -0.2) is 0 Å². The van der Waals surface area contributed by atoms with Crippen molar-refractivity contribution in [2.24, 2.45) is 0 Å². The first-order valence-electron chi connectivity index (χ1n) is 4.98. The lowest BCUT2D eigenvalue weighted by molar-refractivity contribution is -0.149. The third-order valence-electron chi connectivity index (χ3n) is 1.64. The maximum atomic E-state index is 11.1. The fraction of sp³-hybridized carbons (Fsp3) is 0.600. The van der Waals surface area contributed by atoms with Crippen LogP contribution >= 0.6 is 11.8 Å². The molecule has 1 aliphatic rings. The zero-order valence-corrected chi connectivity index (χ0v) is 10.0. The van der Waals surface area contributed by atoms with Crippen molar-refractivity contribution in [2.45, 2.75) is 32.1 Å². The van der Waals surface area contributed by atoms with E-state index in [4.69, 9.17) is 14.2 Å². The number of hydrogen-bond donors (Lipinski definition) is 0. The van der Waals surface area contributed by atoms with Gasteiger partial charge in [-0.05, 0) is 6.42 Å². The molecule has 0 saturated carbocycles. The van der Waals surface area contributed by atoms with Crippen LogP contribution in [0, 0.1) is 0 Å². The largest absolute Gasteiger partial charge is 0.461 e. The van der Waals surface area contributed by atoms with Crippen LogP contribution in [-0.2, 0) is 23.8 Å². The van der Waals surface area contributed by atoms with Crippen molar-refractivity contribution in [1.29, 1.82) is 0 Å². The first kappa shape index (κ1) is 12.9. The molecule has 0 bridgehead atoms. The fourth-order valence-electron chi connectivity index (χ4n) is 1.02. The van der Waals surface area contributed by atoms with E-state index in [2.05, 4.69) is 0 Å². The van der Waals surface area contributed by atoms with E-state index in [1.807, 2.05) is 6.92 Å². The molecule has 0 amide bonds. The predicted octanol–water partition coefficient (Wildman–Crippen LogP) is 1.78. The molecule has 0 aliphatic carbocycles. The zero-order valence-electron chi connectivity index (χ0n) is 9.23. The van der Waals surface area contributed by atoms with Crippen molar-refractivity contribution in [1.82, 2.24) is 0 Å². The lowest BCUT2D eigenvalue weighted by Gasteiger charge is -2.11. The molecule has 0 N–H and O–H groups in total. The zero-order chi connectivity index (χ0) is 12.0. The van der Waals surface area contributed by atoms with Crippen LogP contribution in [0.5, 0.6) is 0 Å². The molecule has 5 nitrogen and oxygen atoms in total. The van der Waals surface area contributed by atoms with Crippen LogP contribution < -0.4 is 0 Å². The first-order chi connectivity index (χ1) is 7.61. The summed E-state index contributed by atoms with van der Waals surface area (Å²) in [5.74, 6) is -0.517. The number of rotatable bonds is 5. The summed E-state index contributed by atoms with van der Waals surface area (Å²) < 4.78 is 14.9. The Kier molecular flexibility index (Phi) is 5.18. The Bertz CT molecular complexity index is 300. The van der Waals surface area contributed by atoms with Crippen LogP contribution in [0.1, 0.15) is 26.7 Å². The van der Waals surface area contributed by atoms with E-state index in [-0.39, 0.29) is 24.0 Å². The van der Waals surface area contributed by atoms with E-state index in [1.54, 1.807) is 5.41 Å². The molecule has 1 atom stereocenters. The van der Waals surface area contributed by atoms with Crippen molar-refractivity contribution >= 4 is 23.7 Å². The van der Waals surface area contributed by atoms with Gasteiger partial charge in [-0.1, -0.05) is 18.7 Å². The lowest BCUT2D eigenvalue weighted by Crippen LogP contribution is -2.16. The number of carbonyl (C=O) groups excluding carboxylic acids is 2. The molecule has 0 fully saturated rings. The molecule has 0 aromatic carbocycles. The van der Waals surface area contributed by atoms with Crippen LogP contribution in [0.4, 0.5) is 0 Å². The molecule has 6 heteroatoms. The quantitative estimate of drug-likeness (QED) is 0.689. The molecular weight excluding hydrogens is 232 g/mol. The molecule has 1 rings (SSSR count). The average Bonchev–Trinajstić information content (AvgIpc) is 2.62. The second-order valence-corrected chi connectivity index (χ2v) is 4.18. The Morgan fingerprint density at radius 3 is 2.94 bits per heavy atom. The van der Waals surface area contributed by atoms with Crippen LogP contribution in [0.3, 0.4) is 0 Å². The summed E-state index contributed by atoms with van der Waals surface area (Å²) in [6.45, 7) is 3.36. The summed E-state index contributed by atoms with van der Waals surface area (Å²) in [5, 5.41) is 1.58. The smallest absolute Gasteiger partial charge is 0.310 e. The van der Waals surface area contributed by atoms with Gasteiger partial charge in [-0.3, -0.25) is 9.59 Å². The minimum Gasteiger partial charge on any atom is -0.461 e.